The van der Waals surface area contributed by atoms with Crippen molar-refractivity contribution in [1.29, 1.82) is 0 Å². The maximum absolute atomic E-state index is 6.11. The van der Waals surface area contributed by atoms with Crippen LogP contribution >= 0.6 is 0 Å². The standard InChI is InChI=1S/C15H17N3/c1-17-15(13-10-6-3-7-11-13)18-14(16)12-8-4-2-5-9-12/h2-11,14-15,18H,1,16H2. The number of nitrogens with one attached hydrogen (secondary N) is 1. The second kappa shape index (κ2) is 6.10. The summed E-state index contributed by atoms with van der Waals surface area (Å²) < 4.78 is 0. The molecule has 2 atom stereocenters. The fraction of sp³-hybridized carbons (Fsp3) is 0.133. The van der Waals surface area contributed by atoms with Crippen LogP contribution in [0.15, 0.2) is 65.7 Å². The van der Waals surface area contributed by atoms with E-state index in [1.165, 1.54) is 0 Å². The van der Waals surface area contributed by atoms with Gasteiger partial charge in [0.1, 0.15) is 6.17 Å². The molecule has 3 nitrogen and oxygen atoms in total. The first-order valence-corrected chi connectivity index (χ1v) is 5.88. The Hall–Kier alpha value is -1.97. The lowest BCUT2D eigenvalue weighted by Crippen LogP contribution is -2.31. The van der Waals surface area contributed by atoms with Crippen LogP contribution in [0, 0.1) is 0 Å². The van der Waals surface area contributed by atoms with Crippen molar-refractivity contribution in [3.63, 3.8) is 0 Å². The molecular weight excluding hydrogens is 222 g/mol. The van der Waals surface area contributed by atoms with Crippen molar-refractivity contribution in [2.24, 2.45) is 10.7 Å². The van der Waals surface area contributed by atoms with E-state index in [0.717, 1.165) is 11.1 Å². The zero-order valence-corrected chi connectivity index (χ0v) is 10.2. The van der Waals surface area contributed by atoms with Crippen LogP contribution in [0.1, 0.15) is 23.5 Å². The quantitative estimate of drug-likeness (QED) is 0.622. The van der Waals surface area contributed by atoms with E-state index in [1.807, 2.05) is 60.7 Å². The molecule has 0 aliphatic heterocycles. The van der Waals surface area contributed by atoms with Crippen LogP contribution in [0.25, 0.3) is 0 Å². The normalized spacial score (nSPS) is 13.8. The molecule has 0 fully saturated rings. The molecule has 0 spiro atoms. The Kier molecular flexibility index (Phi) is 4.23. The van der Waals surface area contributed by atoms with Gasteiger partial charge in [-0.15, -0.1) is 0 Å². The van der Waals surface area contributed by atoms with E-state index < -0.39 is 0 Å². The zero-order chi connectivity index (χ0) is 12.8. The third kappa shape index (κ3) is 3.03. The molecule has 2 aromatic carbocycles. The van der Waals surface area contributed by atoms with Gasteiger partial charge in [0.05, 0.1) is 6.17 Å². The van der Waals surface area contributed by atoms with Crippen molar-refractivity contribution in [3.05, 3.63) is 71.8 Å². The Bertz CT molecular complexity index is 482. The van der Waals surface area contributed by atoms with E-state index >= 15 is 0 Å². The average molecular weight is 239 g/mol. The molecule has 0 bridgehead atoms. The third-order valence-electron chi connectivity index (χ3n) is 2.79. The van der Waals surface area contributed by atoms with Crippen LogP contribution < -0.4 is 11.1 Å². The molecule has 0 heterocycles. The Labute approximate surface area is 107 Å². The SMILES string of the molecule is C=NC(NC(N)c1ccccc1)c1ccccc1. The van der Waals surface area contributed by atoms with Crippen molar-refractivity contribution in [1.82, 2.24) is 5.32 Å². The van der Waals surface area contributed by atoms with Crippen LogP contribution in [0.3, 0.4) is 0 Å². The molecule has 2 aromatic rings. The fourth-order valence-corrected chi connectivity index (χ4v) is 1.82. The van der Waals surface area contributed by atoms with Crippen molar-refractivity contribution in [2.45, 2.75) is 12.3 Å². The predicted octanol–water partition coefficient (Wildman–Crippen LogP) is 2.63. The highest BCUT2D eigenvalue weighted by Crippen LogP contribution is 2.17. The molecular formula is C15H17N3. The number of nitrogens with two attached hydrogens (primary N) is 1. The van der Waals surface area contributed by atoms with Gasteiger partial charge in [-0.2, -0.15) is 0 Å². The van der Waals surface area contributed by atoms with Crippen molar-refractivity contribution < 1.29 is 0 Å². The molecule has 2 rings (SSSR count). The summed E-state index contributed by atoms with van der Waals surface area (Å²) in [5, 5.41) is 3.25. The Morgan fingerprint density at radius 3 is 1.89 bits per heavy atom. The highest BCUT2D eigenvalue weighted by molar-refractivity contribution is 5.28. The lowest BCUT2D eigenvalue weighted by atomic mass is 10.1. The number of hydrogen-bond acceptors (Lipinski definition) is 3. The second-order valence-electron chi connectivity index (χ2n) is 4.05. The molecule has 3 N–H and O–H groups in total. The first-order valence-electron chi connectivity index (χ1n) is 5.88. The molecule has 18 heavy (non-hydrogen) atoms. The third-order valence-corrected chi connectivity index (χ3v) is 2.79. The Balaban J connectivity index is 2.10. The highest BCUT2D eigenvalue weighted by atomic mass is 15.1. The van der Waals surface area contributed by atoms with Gasteiger partial charge < -0.3 is 5.73 Å². The number of benzene rings is 2. The van der Waals surface area contributed by atoms with Gasteiger partial charge >= 0.3 is 0 Å². The van der Waals surface area contributed by atoms with E-state index in [4.69, 9.17) is 5.73 Å². The average Bonchev–Trinajstić information content (AvgIpc) is 2.46. The molecule has 0 amide bonds. The van der Waals surface area contributed by atoms with Gasteiger partial charge in [-0.3, -0.25) is 10.3 Å². The van der Waals surface area contributed by atoms with Crippen LogP contribution in [-0.4, -0.2) is 6.72 Å². The molecule has 0 aromatic heterocycles. The summed E-state index contributed by atoms with van der Waals surface area (Å²) in [4.78, 5) is 4.08. The summed E-state index contributed by atoms with van der Waals surface area (Å²) >= 11 is 0. The minimum absolute atomic E-state index is 0.193. The summed E-state index contributed by atoms with van der Waals surface area (Å²) in [6.45, 7) is 3.62. The van der Waals surface area contributed by atoms with Crippen molar-refractivity contribution in [3.8, 4) is 0 Å². The number of aliphatic imine (C=N–C) groups is 1. The van der Waals surface area contributed by atoms with Gasteiger partial charge in [0.25, 0.3) is 0 Å². The van der Waals surface area contributed by atoms with Gasteiger partial charge in [0, 0.05) is 0 Å². The lowest BCUT2D eigenvalue weighted by molar-refractivity contribution is 0.468. The predicted molar refractivity (Wildman–Crippen MR) is 75.2 cm³/mol. The number of nitrogens with zero attached hydrogens (tertiary/aromatic N) is 1. The lowest BCUT2D eigenvalue weighted by Gasteiger charge is -2.20. The summed E-state index contributed by atoms with van der Waals surface area (Å²) in [6.07, 6.45) is -0.455. The van der Waals surface area contributed by atoms with E-state index in [9.17, 15) is 0 Å². The smallest absolute Gasteiger partial charge is 0.126 e. The maximum Gasteiger partial charge on any atom is 0.126 e. The van der Waals surface area contributed by atoms with E-state index in [2.05, 4.69) is 17.0 Å². The molecule has 0 saturated carbocycles. The monoisotopic (exact) mass is 239 g/mol. The minimum Gasteiger partial charge on any atom is -0.312 e. The van der Waals surface area contributed by atoms with Gasteiger partial charge in [-0.05, 0) is 17.8 Å². The fourth-order valence-electron chi connectivity index (χ4n) is 1.82. The van der Waals surface area contributed by atoms with Crippen LogP contribution in [0.4, 0.5) is 0 Å². The molecule has 0 saturated heterocycles. The number of rotatable bonds is 5. The molecule has 0 aliphatic carbocycles. The summed E-state index contributed by atoms with van der Waals surface area (Å²) in [5.74, 6) is 0. The van der Waals surface area contributed by atoms with E-state index in [0.29, 0.717) is 0 Å². The molecule has 0 radical (unpaired) electrons. The zero-order valence-electron chi connectivity index (χ0n) is 10.2. The summed E-state index contributed by atoms with van der Waals surface area (Å²) in [7, 11) is 0. The van der Waals surface area contributed by atoms with Crippen LogP contribution in [-0.2, 0) is 0 Å². The molecule has 0 aliphatic rings. The second-order valence-corrected chi connectivity index (χ2v) is 4.05. The number of hydrogen-bond donors (Lipinski definition) is 2. The molecule has 3 heteroatoms. The molecule has 2 unspecified atom stereocenters. The van der Waals surface area contributed by atoms with Gasteiger partial charge in [0.15, 0.2) is 0 Å². The van der Waals surface area contributed by atoms with Crippen LogP contribution in [0.5, 0.6) is 0 Å². The van der Waals surface area contributed by atoms with Crippen LogP contribution in [0.2, 0.25) is 0 Å². The maximum atomic E-state index is 6.11. The first kappa shape index (κ1) is 12.5. The van der Waals surface area contributed by atoms with Crippen molar-refractivity contribution in [2.75, 3.05) is 0 Å². The first-order chi connectivity index (χ1) is 8.81. The molecule has 92 valence electrons. The van der Waals surface area contributed by atoms with E-state index in [1.54, 1.807) is 0 Å². The highest BCUT2D eigenvalue weighted by Gasteiger charge is 2.12. The topological polar surface area (TPSA) is 50.4 Å². The summed E-state index contributed by atoms with van der Waals surface area (Å²) in [5.41, 5.74) is 8.19. The largest absolute Gasteiger partial charge is 0.312 e. The van der Waals surface area contributed by atoms with Crippen molar-refractivity contribution >= 4 is 6.72 Å². The Morgan fingerprint density at radius 1 is 0.889 bits per heavy atom. The minimum atomic E-state index is -0.262. The van der Waals surface area contributed by atoms with Gasteiger partial charge in [0.2, 0.25) is 0 Å². The summed E-state index contributed by atoms with van der Waals surface area (Å²) in [6, 6.07) is 19.8. The van der Waals surface area contributed by atoms with Gasteiger partial charge in [-0.25, -0.2) is 0 Å². The van der Waals surface area contributed by atoms with E-state index in [-0.39, 0.29) is 12.3 Å². The Morgan fingerprint density at radius 2 is 1.39 bits per heavy atom. The van der Waals surface area contributed by atoms with Gasteiger partial charge in [-0.1, -0.05) is 60.7 Å².